The molecule has 112 valence electrons. The van der Waals surface area contributed by atoms with Crippen LogP contribution in [0, 0.1) is 0 Å². The molecule has 0 atom stereocenters. The fraction of sp³-hybridized carbons (Fsp3) is 0.125. The highest BCUT2D eigenvalue weighted by atomic mass is 35.5. The summed E-state index contributed by atoms with van der Waals surface area (Å²) in [5.74, 6) is 2.16. The summed E-state index contributed by atoms with van der Waals surface area (Å²) in [5, 5.41) is 4.57. The van der Waals surface area contributed by atoms with Gasteiger partial charge in [-0.2, -0.15) is 4.98 Å². The maximum absolute atomic E-state index is 6.03. The van der Waals surface area contributed by atoms with Gasteiger partial charge in [0.25, 0.3) is 5.89 Å². The van der Waals surface area contributed by atoms with Crippen molar-refractivity contribution in [2.24, 2.45) is 0 Å². The van der Waals surface area contributed by atoms with Crippen molar-refractivity contribution in [3.63, 3.8) is 0 Å². The zero-order chi connectivity index (χ0) is 15.5. The molecule has 0 fully saturated rings. The van der Waals surface area contributed by atoms with Gasteiger partial charge in [-0.05, 0) is 30.3 Å². The molecule has 3 aromatic rings. The fourth-order valence-electron chi connectivity index (χ4n) is 2.06. The van der Waals surface area contributed by atoms with Crippen LogP contribution in [0.3, 0.4) is 0 Å². The summed E-state index contributed by atoms with van der Waals surface area (Å²) in [4.78, 5) is 4.40. The van der Waals surface area contributed by atoms with E-state index in [-0.39, 0.29) is 0 Å². The molecule has 0 aliphatic rings. The molecule has 1 heterocycles. The number of halogens is 1. The van der Waals surface area contributed by atoms with Gasteiger partial charge in [-0.1, -0.05) is 28.9 Å². The molecule has 5 nitrogen and oxygen atoms in total. The van der Waals surface area contributed by atoms with Gasteiger partial charge in [-0.3, -0.25) is 0 Å². The van der Waals surface area contributed by atoms with Crippen molar-refractivity contribution in [3.8, 4) is 34.3 Å². The standard InChI is InChI=1S/C16H13ClN2O3/c1-20-12-5-3-4-10(8-12)15-18-16(22-19-15)13-9-11(17)6-7-14(13)21-2/h3-9H,1-2H3. The first kappa shape index (κ1) is 14.4. The predicted octanol–water partition coefficient (Wildman–Crippen LogP) is 4.07. The third-order valence-electron chi connectivity index (χ3n) is 3.15. The first-order valence-corrected chi connectivity index (χ1v) is 6.91. The molecule has 0 aliphatic carbocycles. The maximum Gasteiger partial charge on any atom is 0.262 e. The lowest BCUT2D eigenvalue weighted by atomic mass is 10.2. The van der Waals surface area contributed by atoms with E-state index >= 15 is 0 Å². The van der Waals surface area contributed by atoms with Crippen LogP contribution in [-0.4, -0.2) is 24.4 Å². The maximum atomic E-state index is 6.03. The van der Waals surface area contributed by atoms with Crippen LogP contribution in [0.2, 0.25) is 5.02 Å². The van der Waals surface area contributed by atoms with Gasteiger partial charge in [-0.15, -0.1) is 0 Å². The molecule has 6 heteroatoms. The summed E-state index contributed by atoms with van der Waals surface area (Å²) in [6.07, 6.45) is 0. The van der Waals surface area contributed by atoms with E-state index in [1.165, 1.54) is 0 Å². The monoisotopic (exact) mass is 316 g/mol. The Balaban J connectivity index is 2.02. The third-order valence-corrected chi connectivity index (χ3v) is 3.38. The Morgan fingerprint density at radius 3 is 2.68 bits per heavy atom. The van der Waals surface area contributed by atoms with Gasteiger partial charge in [0, 0.05) is 10.6 Å². The van der Waals surface area contributed by atoms with E-state index in [4.69, 9.17) is 25.6 Å². The van der Waals surface area contributed by atoms with E-state index in [1.807, 2.05) is 24.3 Å². The second-order valence-electron chi connectivity index (χ2n) is 4.50. The second-order valence-corrected chi connectivity index (χ2v) is 4.94. The number of hydrogen-bond donors (Lipinski definition) is 0. The van der Waals surface area contributed by atoms with E-state index < -0.39 is 0 Å². The van der Waals surface area contributed by atoms with Gasteiger partial charge in [0.1, 0.15) is 11.5 Å². The highest BCUT2D eigenvalue weighted by Gasteiger charge is 2.15. The van der Waals surface area contributed by atoms with Gasteiger partial charge in [0.15, 0.2) is 0 Å². The highest BCUT2D eigenvalue weighted by Crippen LogP contribution is 2.32. The van der Waals surface area contributed by atoms with Crippen molar-refractivity contribution in [3.05, 3.63) is 47.5 Å². The normalized spacial score (nSPS) is 10.5. The van der Waals surface area contributed by atoms with Crippen LogP contribution in [0.15, 0.2) is 47.0 Å². The molecular weight excluding hydrogens is 304 g/mol. The van der Waals surface area contributed by atoms with Crippen molar-refractivity contribution in [1.29, 1.82) is 0 Å². The number of hydrogen-bond acceptors (Lipinski definition) is 5. The summed E-state index contributed by atoms with van der Waals surface area (Å²) in [6, 6.07) is 12.7. The van der Waals surface area contributed by atoms with Gasteiger partial charge in [0.2, 0.25) is 5.82 Å². The number of nitrogens with zero attached hydrogens (tertiary/aromatic N) is 2. The van der Waals surface area contributed by atoms with Crippen molar-refractivity contribution in [2.75, 3.05) is 14.2 Å². The van der Waals surface area contributed by atoms with Crippen LogP contribution in [0.4, 0.5) is 0 Å². The molecule has 22 heavy (non-hydrogen) atoms. The van der Waals surface area contributed by atoms with E-state index in [2.05, 4.69) is 10.1 Å². The molecule has 1 aromatic heterocycles. The first-order chi connectivity index (χ1) is 10.7. The van der Waals surface area contributed by atoms with Gasteiger partial charge >= 0.3 is 0 Å². The molecule has 0 amide bonds. The van der Waals surface area contributed by atoms with Crippen molar-refractivity contribution in [2.45, 2.75) is 0 Å². The van der Waals surface area contributed by atoms with Crippen LogP contribution in [0.5, 0.6) is 11.5 Å². The second kappa shape index (κ2) is 6.07. The molecule has 0 spiro atoms. The zero-order valence-corrected chi connectivity index (χ0v) is 12.8. The van der Waals surface area contributed by atoms with Gasteiger partial charge in [-0.25, -0.2) is 0 Å². The van der Waals surface area contributed by atoms with Crippen LogP contribution in [0.1, 0.15) is 0 Å². The summed E-state index contributed by atoms with van der Waals surface area (Å²) in [7, 11) is 3.18. The summed E-state index contributed by atoms with van der Waals surface area (Å²) in [6.45, 7) is 0. The lowest BCUT2D eigenvalue weighted by Crippen LogP contribution is -1.88. The van der Waals surface area contributed by atoms with E-state index in [9.17, 15) is 0 Å². The van der Waals surface area contributed by atoms with Gasteiger partial charge in [0.05, 0.1) is 19.8 Å². The molecule has 0 N–H and O–H groups in total. The molecule has 3 rings (SSSR count). The average Bonchev–Trinajstić information content (AvgIpc) is 3.05. The Bertz CT molecular complexity index is 802. The molecule has 0 radical (unpaired) electrons. The van der Waals surface area contributed by atoms with Crippen LogP contribution in [-0.2, 0) is 0 Å². The number of ether oxygens (including phenoxy) is 2. The van der Waals surface area contributed by atoms with E-state index in [1.54, 1.807) is 32.4 Å². The molecule has 2 aromatic carbocycles. The highest BCUT2D eigenvalue weighted by molar-refractivity contribution is 6.30. The summed E-state index contributed by atoms with van der Waals surface area (Å²) < 4.78 is 15.8. The number of benzene rings is 2. The summed E-state index contributed by atoms with van der Waals surface area (Å²) >= 11 is 6.03. The van der Waals surface area contributed by atoms with Crippen LogP contribution in [0.25, 0.3) is 22.8 Å². The Morgan fingerprint density at radius 2 is 1.91 bits per heavy atom. The minimum atomic E-state index is 0.345. The largest absolute Gasteiger partial charge is 0.497 e. The predicted molar refractivity (Wildman–Crippen MR) is 83.3 cm³/mol. The lowest BCUT2D eigenvalue weighted by Gasteiger charge is -2.04. The van der Waals surface area contributed by atoms with Crippen molar-refractivity contribution in [1.82, 2.24) is 10.1 Å². The zero-order valence-electron chi connectivity index (χ0n) is 12.0. The van der Waals surface area contributed by atoms with Crippen LogP contribution < -0.4 is 9.47 Å². The molecule has 0 unspecified atom stereocenters. The minimum absolute atomic E-state index is 0.345. The van der Waals surface area contributed by atoms with Gasteiger partial charge < -0.3 is 14.0 Å². The molecule has 0 saturated carbocycles. The first-order valence-electron chi connectivity index (χ1n) is 6.53. The van der Waals surface area contributed by atoms with E-state index in [0.29, 0.717) is 28.1 Å². The smallest absolute Gasteiger partial charge is 0.262 e. The lowest BCUT2D eigenvalue weighted by molar-refractivity contribution is 0.405. The Morgan fingerprint density at radius 1 is 1.05 bits per heavy atom. The molecule has 0 saturated heterocycles. The van der Waals surface area contributed by atoms with Crippen LogP contribution >= 0.6 is 11.6 Å². The quantitative estimate of drug-likeness (QED) is 0.726. The topological polar surface area (TPSA) is 57.4 Å². The van der Waals surface area contributed by atoms with E-state index in [0.717, 1.165) is 11.3 Å². The van der Waals surface area contributed by atoms with Crippen molar-refractivity contribution < 1.29 is 14.0 Å². The SMILES string of the molecule is COc1cccc(-c2noc(-c3cc(Cl)ccc3OC)n2)c1. The van der Waals surface area contributed by atoms with Crippen molar-refractivity contribution >= 4 is 11.6 Å². The third kappa shape index (κ3) is 2.76. The molecule has 0 bridgehead atoms. The Labute approximate surface area is 132 Å². The minimum Gasteiger partial charge on any atom is -0.497 e. The Hall–Kier alpha value is -2.53. The number of rotatable bonds is 4. The average molecular weight is 317 g/mol. The number of aromatic nitrogens is 2. The molecule has 0 aliphatic heterocycles. The number of methoxy groups -OCH3 is 2. The molecular formula is C16H13ClN2O3. The Kier molecular flexibility index (Phi) is 3.98. The fourth-order valence-corrected chi connectivity index (χ4v) is 2.23. The summed E-state index contributed by atoms with van der Waals surface area (Å²) in [5.41, 5.74) is 1.45.